The minimum absolute atomic E-state index is 0.309. The van der Waals surface area contributed by atoms with Crippen molar-refractivity contribution in [2.24, 2.45) is 5.92 Å². The van der Waals surface area contributed by atoms with E-state index in [4.69, 9.17) is 0 Å². The maximum absolute atomic E-state index is 10.3. The minimum Gasteiger partial charge on any atom is -0.390 e. The van der Waals surface area contributed by atoms with E-state index in [0.717, 1.165) is 31.9 Å². The Labute approximate surface area is 134 Å². The molecule has 0 radical (unpaired) electrons. The quantitative estimate of drug-likeness (QED) is 0.932. The molecule has 3 rings (SSSR count). The van der Waals surface area contributed by atoms with Crippen LogP contribution in [-0.2, 0) is 6.54 Å². The standard InChI is InChI=1S/C18H29N3O/c1-14-12-21(9-8-18(14,2)22)13-15-10-19-17(20-11-15)16-6-4-3-5-7-16/h10-11,14,16,22H,3-9,12-13H2,1-2H3/t14-,18+/m1/s1. The molecule has 1 saturated carbocycles. The highest BCUT2D eigenvalue weighted by atomic mass is 16.3. The van der Waals surface area contributed by atoms with Gasteiger partial charge in [-0.1, -0.05) is 26.2 Å². The average molecular weight is 303 g/mol. The number of hydrogen-bond donors (Lipinski definition) is 1. The van der Waals surface area contributed by atoms with Crippen LogP contribution in [0.4, 0.5) is 0 Å². The van der Waals surface area contributed by atoms with E-state index < -0.39 is 5.60 Å². The SMILES string of the molecule is C[C@@H]1CN(Cc2cnc(C3CCCCC3)nc2)CC[C@]1(C)O. The van der Waals surface area contributed by atoms with Crippen molar-refractivity contribution < 1.29 is 5.11 Å². The molecule has 1 aromatic rings. The molecule has 1 aromatic heterocycles. The highest BCUT2D eigenvalue weighted by molar-refractivity contribution is 5.08. The molecule has 4 heteroatoms. The minimum atomic E-state index is -0.516. The van der Waals surface area contributed by atoms with E-state index in [-0.39, 0.29) is 0 Å². The lowest BCUT2D eigenvalue weighted by Crippen LogP contribution is -2.48. The molecule has 4 nitrogen and oxygen atoms in total. The molecule has 0 aromatic carbocycles. The number of rotatable bonds is 3. The van der Waals surface area contributed by atoms with E-state index >= 15 is 0 Å². The van der Waals surface area contributed by atoms with Crippen molar-refractivity contribution in [2.45, 2.75) is 70.4 Å². The first kappa shape index (κ1) is 15.9. The van der Waals surface area contributed by atoms with Gasteiger partial charge < -0.3 is 5.11 Å². The predicted molar refractivity (Wildman–Crippen MR) is 87.5 cm³/mol. The molecule has 0 amide bonds. The molecule has 122 valence electrons. The lowest BCUT2D eigenvalue weighted by atomic mass is 9.84. The maximum atomic E-state index is 10.3. The van der Waals surface area contributed by atoms with Crippen molar-refractivity contribution in [3.63, 3.8) is 0 Å². The van der Waals surface area contributed by atoms with Gasteiger partial charge in [0.25, 0.3) is 0 Å². The smallest absolute Gasteiger partial charge is 0.131 e. The molecule has 1 N–H and O–H groups in total. The van der Waals surface area contributed by atoms with Crippen LogP contribution in [0.5, 0.6) is 0 Å². The van der Waals surface area contributed by atoms with Gasteiger partial charge in [0.15, 0.2) is 0 Å². The summed E-state index contributed by atoms with van der Waals surface area (Å²) in [6.07, 6.45) is 11.4. The van der Waals surface area contributed by atoms with Crippen LogP contribution in [0.2, 0.25) is 0 Å². The molecule has 1 saturated heterocycles. The molecule has 2 atom stereocenters. The molecule has 0 unspecified atom stereocenters. The molecule has 0 spiro atoms. The molecule has 1 aliphatic heterocycles. The molecule has 2 fully saturated rings. The van der Waals surface area contributed by atoms with E-state index in [9.17, 15) is 5.11 Å². The monoisotopic (exact) mass is 303 g/mol. The van der Waals surface area contributed by atoms with Crippen LogP contribution in [0.15, 0.2) is 12.4 Å². The van der Waals surface area contributed by atoms with Crippen LogP contribution in [0.3, 0.4) is 0 Å². The van der Waals surface area contributed by atoms with Crippen molar-refractivity contribution in [1.82, 2.24) is 14.9 Å². The van der Waals surface area contributed by atoms with Gasteiger partial charge in [-0.3, -0.25) is 4.90 Å². The second kappa shape index (κ2) is 6.63. The van der Waals surface area contributed by atoms with Crippen molar-refractivity contribution >= 4 is 0 Å². The molecule has 2 heterocycles. The first-order valence-corrected chi connectivity index (χ1v) is 8.80. The maximum Gasteiger partial charge on any atom is 0.131 e. The van der Waals surface area contributed by atoms with Gasteiger partial charge in [0.1, 0.15) is 5.82 Å². The fraction of sp³-hybridized carbons (Fsp3) is 0.778. The van der Waals surface area contributed by atoms with Gasteiger partial charge in [-0.25, -0.2) is 9.97 Å². The summed E-state index contributed by atoms with van der Waals surface area (Å²) >= 11 is 0. The Morgan fingerprint density at radius 3 is 2.55 bits per heavy atom. The van der Waals surface area contributed by atoms with Gasteiger partial charge in [-0.2, -0.15) is 0 Å². The second-order valence-electron chi connectivity index (χ2n) is 7.53. The molecule has 1 aliphatic carbocycles. The number of likely N-dealkylation sites (tertiary alicyclic amines) is 1. The van der Waals surface area contributed by atoms with E-state index in [2.05, 4.69) is 21.8 Å². The third-order valence-corrected chi connectivity index (χ3v) is 5.63. The van der Waals surface area contributed by atoms with E-state index in [0.29, 0.717) is 11.8 Å². The summed E-state index contributed by atoms with van der Waals surface area (Å²) in [5.74, 6) is 1.93. The Morgan fingerprint density at radius 2 is 1.91 bits per heavy atom. The molecular weight excluding hydrogens is 274 g/mol. The van der Waals surface area contributed by atoms with Crippen LogP contribution in [-0.4, -0.2) is 38.7 Å². The lowest BCUT2D eigenvalue weighted by molar-refractivity contribution is -0.0524. The van der Waals surface area contributed by atoms with Gasteiger partial charge in [0, 0.05) is 43.5 Å². The summed E-state index contributed by atoms with van der Waals surface area (Å²) < 4.78 is 0. The van der Waals surface area contributed by atoms with Crippen LogP contribution in [0.1, 0.15) is 69.7 Å². The largest absolute Gasteiger partial charge is 0.390 e. The van der Waals surface area contributed by atoms with E-state index in [1.54, 1.807) is 0 Å². The Hall–Kier alpha value is -1.00. The number of aliphatic hydroxyl groups is 1. The highest BCUT2D eigenvalue weighted by Gasteiger charge is 2.34. The Kier molecular flexibility index (Phi) is 4.79. The predicted octanol–water partition coefficient (Wildman–Crippen LogP) is 3.12. The third-order valence-electron chi connectivity index (χ3n) is 5.63. The summed E-state index contributed by atoms with van der Waals surface area (Å²) in [5.41, 5.74) is 0.672. The lowest BCUT2D eigenvalue weighted by Gasteiger charge is -2.41. The van der Waals surface area contributed by atoms with E-state index in [1.807, 2.05) is 19.3 Å². The summed E-state index contributed by atoms with van der Waals surface area (Å²) in [6.45, 7) is 6.87. The topological polar surface area (TPSA) is 49.2 Å². The molecule has 22 heavy (non-hydrogen) atoms. The van der Waals surface area contributed by atoms with Crippen molar-refractivity contribution in [1.29, 1.82) is 0 Å². The van der Waals surface area contributed by atoms with Gasteiger partial charge in [-0.15, -0.1) is 0 Å². The fourth-order valence-corrected chi connectivity index (χ4v) is 3.73. The second-order valence-corrected chi connectivity index (χ2v) is 7.53. The number of hydrogen-bond acceptors (Lipinski definition) is 4. The van der Waals surface area contributed by atoms with Crippen molar-refractivity contribution in [3.8, 4) is 0 Å². The average Bonchev–Trinajstić information content (AvgIpc) is 2.53. The Balaban J connectivity index is 1.57. The normalized spacial score (nSPS) is 31.3. The van der Waals surface area contributed by atoms with Gasteiger partial charge >= 0.3 is 0 Å². The van der Waals surface area contributed by atoms with Crippen LogP contribution < -0.4 is 0 Å². The zero-order chi connectivity index (χ0) is 15.6. The fourth-order valence-electron chi connectivity index (χ4n) is 3.73. The Morgan fingerprint density at radius 1 is 1.23 bits per heavy atom. The highest BCUT2D eigenvalue weighted by Crippen LogP contribution is 2.31. The number of nitrogens with zero attached hydrogens (tertiary/aromatic N) is 3. The van der Waals surface area contributed by atoms with Gasteiger partial charge in [0.2, 0.25) is 0 Å². The van der Waals surface area contributed by atoms with E-state index in [1.165, 1.54) is 37.7 Å². The third kappa shape index (κ3) is 3.66. The zero-order valence-electron chi connectivity index (χ0n) is 14.0. The summed E-state index contributed by atoms with van der Waals surface area (Å²) in [6, 6.07) is 0. The molecule has 0 bridgehead atoms. The molecular formula is C18H29N3O. The van der Waals surface area contributed by atoms with Crippen LogP contribution in [0, 0.1) is 5.92 Å². The van der Waals surface area contributed by atoms with Crippen molar-refractivity contribution in [2.75, 3.05) is 13.1 Å². The number of aromatic nitrogens is 2. The number of piperidine rings is 1. The summed E-state index contributed by atoms with van der Waals surface area (Å²) in [5, 5.41) is 10.3. The van der Waals surface area contributed by atoms with Crippen LogP contribution >= 0.6 is 0 Å². The van der Waals surface area contributed by atoms with Crippen molar-refractivity contribution in [3.05, 3.63) is 23.8 Å². The summed E-state index contributed by atoms with van der Waals surface area (Å²) in [4.78, 5) is 11.7. The summed E-state index contributed by atoms with van der Waals surface area (Å²) in [7, 11) is 0. The molecule has 2 aliphatic rings. The van der Waals surface area contributed by atoms with Crippen LogP contribution in [0.25, 0.3) is 0 Å². The first-order valence-electron chi connectivity index (χ1n) is 8.80. The first-order chi connectivity index (χ1) is 10.5. The zero-order valence-corrected chi connectivity index (χ0v) is 14.0. The van der Waals surface area contributed by atoms with Gasteiger partial charge in [0.05, 0.1) is 5.60 Å². The Bertz CT molecular complexity index is 480. The van der Waals surface area contributed by atoms with Gasteiger partial charge in [-0.05, 0) is 32.1 Å².